The average molecular weight is 580 g/mol. The summed E-state index contributed by atoms with van der Waals surface area (Å²) in [5.41, 5.74) is 2.26. The molecular weight excluding hydrogens is 546 g/mol. The number of carbonyl (C=O) groups excluding carboxylic acids is 1. The summed E-state index contributed by atoms with van der Waals surface area (Å²) in [6, 6.07) is 9.78. The number of rotatable bonds is 10. The van der Waals surface area contributed by atoms with E-state index in [2.05, 4.69) is 13.8 Å². The molecule has 41 heavy (non-hydrogen) atoms. The Morgan fingerprint density at radius 2 is 1.80 bits per heavy atom. The number of fused-ring (bicyclic) bond motifs is 1. The molecule has 0 N–H and O–H groups in total. The van der Waals surface area contributed by atoms with Crippen molar-refractivity contribution in [3.63, 3.8) is 0 Å². The third-order valence-corrected chi connectivity index (χ3v) is 7.81. The number of nitro groups is 1. The highest BCUT2D eigenvalue weighted by atomic mass is 32.1. The van der Waals surface area contributed by atoms with Gasteiger partial charge in [-0.05, 0) is 42.5 Å². The Bertz CT molecular complexity index is 1680. The Labute approximate surface area is 241 Å². The van der Waals surface area contributed by atoms with Crippen molar-refractivity contribution < 1.29 is 23.9 Å². The van der Waals surface area contributed by atoms with Crippen LogP contribution in [0, 0.1) is 10.1 Å². The number of nitrogens with zero attached hydrogens (tertiary/aromatic N) is 3. The van der Waals surface area contributed by atoms with Gasteiger partial charge in [0.15, 0.2) is 16.3 Å². The summed E-state index contributed by atoms with van der Waals surface area (Å²) in [6.45, 7) is 8.08. The summed E-state index contributed by atoms with van der Waals surface area (Å²) < 4.78 is 17.7. The number of hydrogen-bond donors (Lipinski definition) is 0. The first-order valence-corrected chi connectivity index (χ1v) is 14.2. The lowest BCUT2D eigenvalue weighted by atomic mass is 9.92. The van der Waals surface area contributed by atoms with Crippen molar-refractivity contribution in [2.45, 2.75) is 52.5 Å². The number of carbonyl (C=O) groups is 1. The van der Waals surface area contributed by atoms with Gasteiger partial charge in [-0.1, -0.05) is 62.8 Å². The Kier molecular flexibility index (Phi) is 9.07. The summed E-state index contributed by atoms with van der Waals surface area (Å²) in [4.78, 5) is 43.9. The first-order valence-electron chi connectivity index (χ1n) is 13.4. The van der Waals surface area contributed by atoms with E-state index in [9.17, 15) is 19.7 Å². The molecule has 11 heteroatoms. The lowest BCUT2D eigenvalue weighted by Crippen LogP contribution is -2.40. The average Bonchev–Trinajstić information content (AvgIpc) is 3.26. The third-order valence-electron chi connectivity index (χ3n) is 6.83. The molecule has 1 aliphatic rings. The Hall–Kier alpha value is -4.25. The molecule has 216 valence electrons. The summed E-state index contributed by atoms with van der Waals surface area (Å²) in [6.07, 6.45) is 2.70. The largest absolute Gasteiger partial charge is 0.493 e. The fourth-order valence-corrected chi connectivity index (χ4v) is 5.81. The third kappa shape index (κ3) is 5.81. The number of esters is 1. The van der Waals surface area contributed by atoms with E-state index in [1.807, 2.05) is 31.2 Å². The van der Waals surface area contributed by atoms with Gasteiger partial charge in [0, 0.05) is 0 Å². The number of ether oxygens (including phenoxy) is 3. The van der Waals surface area contributed by atoms with E-state index in [1.165, 1.54) is 37.0 Å². The van der Waals surface area contributed by atoms with Gasteiger partial charge < -0.3 is 14.2 Å². The van der Waals surface area contributed by atoms with Crippen LogP contribution >= 0.6 is 11.3 Å². The van der Waals surface area contributed by atoms with Crippen LogP contribution in [0.2, 0.25) is 0 Å². The minimum absolute atomic E-state index is 0.175. The number of methoxy groups -OCH3 is 2. The molecule has 2 heterocycles. The fourth-order valence-electron chi connectivity index (χ4n) is 4.80. The predicted octanol–water partition coefficient (Wildman–Crippen LogP) is 4.63. The lowest BCUT2D eigenvalue weighted by molar-refractivity contribution is -0.385. The van der Waals surface area contributed by atoms with Crippen LogP contribution in [0.5, 0.6) is 11.5 Å². The molecule has 0 spiro atoms. The van der Waals surface area contributed by atoms with Crippen molar-refractivity contribution in [3.05, 3.63) is 94.2 Å². The molecule has 0 aliphatic carbocycles. The topological polar surface area (TPSA) is 122 Å². The van der Waals surface area contributed by atoms with E-state index in [4.69, 9.17) is 19.2 Å². The zero-order valence-corrected chi connectivity index (χ0v) is 24.7. The Morgan fingerprint density at radius 1 is 1.15 bits per heavy atom. The SMILES string of the molecule is CCCC1=C(C(=O)OCC)[C@H](c2ccc(C(C)C)cc2)n2c(s/c(=C\c3cc(OC)c(OC)cc3[N+](=O)[O-])c2=O)=N1. The Balaban J connectivity index is 2.02. The van der Waals surface area contributed by atoms with E-state index in [-0.39, 0.29) is 33.9 Å². The highest BCUT2D eigenvalue weighted by Crippen LogP contribution is 2.35. The van der Waals surface area contributed by atoms with Gasteiger partial charge >= 0.3 is 5.97 Å². The second kappa shape index (κ2) is 12.5. The van der Waals surface area contributed by atoms with Gasteiger partial charge in [-0.25, -0.2) is 9.79 Å². The highest BCUT2D eigenvalue weighted by molar-refractivity contribution is 7.07. The van der Waals surface area contributed by atoms with E-state index in [1.54, 1.807) is 6.92 Å². The molecule has 4 rings (SSSR count). The summed E-state index contributed by atoms with van der Waals surface area (Å²) in [5.74, 6) is 0.266. The molecule has 2 aromatic carbocycles. The highest BCUT2D eigenvalue weighted by Gasteiger charge is 2.34. The standard InChI is InChI=1S/C30H33N3O7S/c1-7-9-21-26(29(35)40-8-2)27(19-12-10-18(11-13-19)17(3)4)32-28(34)25(41-30(32)31-21)15-20-14-23(38-5)24(39-6)16-22(20)33(36)37/h10-17,27H,7-9H2,1-6H3/b25-15-/t27-/m0/s1. The molecule has 0 amide bonds. The molecule has 0 radical (unpaired) electrons. The van der Waals surface area contributed by atoms with Gasteiger partial charge in [0.1, 0.15) is 0 Å². The fraction of sp³-hybridized carbons (Fsp3) is 0.367. The molecule has 1 atom stereocenters. The van der Waals surface area contributed by atoms with Crippen molar-refractivity contribution in [3.8, 4) is 11.5 Å². The van der Waals surface area contributed by atoms with Gasteiger partial charge in [-0.15, -0.1) is 0 Å². The zero-order chi connectivity index (χ0) is 29.8. The van der Waals surface area contributed by atoms with Crippen LogP contribution in [0.15, 0.2) is 57.5 Å². The minimum Gasteiger partial charge on any atom is -0.493 e. The zero-order valence-electron chi connectivity index (χ0n) is 23.9. The van der Waals surface area contributed by atoms with E-state index in [0.717, 1.165) is 28.9 Å². The van der Waals surface area contributed by atoms with Crippen LogP contribution in [-0.4, -0.2) is 36.3 Å². The molecule has 0 saturated heterocycles. The predicted molar refractivity (Wildman–Crippen MR) is 156 cm³/mol. The van der Waals surface area contributed by atoms with Crippen molar-refractivity contribution in [1.29, 1.82) is 0 Å². The van der Waals surface area contributed by atoms with Crippen LogP contribution in [0.25, 0.3) is 6.08 Å². The maximum atomic E-state index is 14.0. The molecule has 10 nitrogen and oxygen atoms in total. The monoisotopic (exact) mass is 579 g/mol. The van der Waals surface area contributed by atoms with E-state index < -0.39 is 22.5 Å². The molecular formula is C30H33N3O7S. The molecule has 0 saturated carbocycles. The molecule has 0 unspecified atom stereocenters. The van der Waals surface area contributed by atoms with Crippen molar-refractivity contribution in [2.24, 2.45) is 4.99 Å². The van der Waals surface area contributed by atoms with Crippen molar-refractivity contribution in [2.75, 3.05) is 20.8 Å². The molecule has 3 aromatic rings. The first kappa shape index (κ1) is 29.7. The van der Waals surface area contributed by atoms with Crippen LogP contribution in [0.4, 0.5) is 5.69 Å². The number of thiazole rings is 1. The van der Waals surface area contributed by atoms with E-state index >= 15 is 0 Å². The maximum Gasteiger partial charge on any atom is 0.338 e. The Morgan fingerprint density at radius 3 is 2.37 bits per heavy atom. The molecule has 0 bridgehead atoms. The molecule has 1 aliphatic heterocycles. The van der Waals surface area contributed by atoms with Gasteiger partial charge in [0.05, 0.1) is 59.2 Å². The molecule has 1 aromatic heterocycles. The normalized spacial score (nSPS) is 15.0. The minimum atomic E-state index is -0.768. The van der Waals surface area contributed by atoms with Gasteiger partial charge in [-0.2, -0.15) is 0 Å². The summed E-state index contributed by atoms with van der Waals surface area (Å²) >= 11 is 1.11. The van der Waals surface area contributed by atoms with Crippen LogP contribution in [0.3, 0.4) is 0 Å². The number of benzene rings is 2. The van der Waals surface area contributed by atoms with Gasteiger partial charge in [0.25, 0.3) is 11.2 Å². The number of aromatic nitrogens is 1. The summed E-state index contributed by atoms with van der Waals surface area (Å²) in [5, 5.41) is 11.9. The quantitative estimate of drug-likeness (QED) is 0.195. The smallest absolute Gasteiger partial charge is 0.338 e. The van der Waals surface area contributed by atoms with Gasteiger partial charge in [-0.3, -0.25) is 19.5 Å². The maximum absolute atomic E-state index is 14.0. The molecule has 0 fully saturated rings. The van der Waals surface area contributed by atoms with Crippen LogP contribution < -0.4 is 24.4 Å². The second-order valence-electron chi connectivity index (χ2n) is 9.76. The van der Waals surface area contributed by atoms with E-state index in [0.29, 0.717) is 28.4 Å². The number of allylic oxidation sites excluding steroid dienone is 1. The van der Waals surface area contributed by atoms with Crippen LogP contribution in [0.1, 0.15) is 69.2 Å². The second-order valence-corrected chi connectivity index (χ2v) is 10.8. The van der Waals surface area contributed by atoms with Crippen LogP contribution in [-0.2, 0) is 9.53 Å². The first-order chi connectivity index (χ1) is 19.6. The lowest BCUT2D eigenvalue weighted by Gasteiger charge is -2.26. The number of nitro benzene ring substituents is 1. The number of hydrogen-bond acceptors (Lipinski definition) is 9. The van der Waals surface area contributed by atoms with Crippen molar-refractivity contribution in [1.82, 2.24) is 4.57 Å². The summed E-state index contributed by atoms with van der Waals surface area (Å²) in [7, 11) is 2.82. The van der Waals surface area contributed by atoms with Crippen molar-refractivity contribution >= 4 is 29.1 Å². The van der Waals surface area contributed by atoms with Gasteiger partial charge in [0.2, 0.25) is 0 Å².